The van der Waals surface area contributed by atoms with E-state index in [0.29, 0.717) is 11.3 Å². The molecule has 0 atom stereocenters. The minimum absolute atomic E-state index is 0.0167. The molecule has 0 amide bonds. The van der Waals surface area contributed by atoms with Gasteiger partial charge in [0.15, 0.2) is 23.0 Å². The number of ether oxygens (including phenoxy) is 4. The van der Waals surface area contributed by atoms with Crippen molar-refractivity contribution in [1.29, 1.82) is 0 Å². The highest BCUT2D eigenvalue weighted by Crippen LogP contribution is 2.33. The Hall–Kier alpha value is -3.10. The molecule has 0 radical (unpaired) electrons. The number of halogens is 2. The van der Waals surface area contributed by atoms with Crippen LogP contribution in [0, 0.1) is 10.1 Å². The lowest BCUT2D eigenvalue weighted by molar-refractivity contribution is -0.385. The van der Waals surface area contributed by atoms with Gasteiger partial charge in [-0.2, -0.15) is 8.78 Å². The lowest BCUT2D eigenvalue weighted by Gasteiger charge is -2.13. The molecule has 0 saturated carbocycles. The van der Waals surface area contributed by atoms with Crippen molar-refractivity contribution in [3.05, 3.63) is 52.1 Å². The van der Waals surface area contributed by atoms with Crippen molar-refractivity contribution in [2.24, 2.45) is 0 Å². The van der Waals surface area contributed by atoms with Gasteiger partial charge in [0.2, 0.25) is 0 Å². The van der Waals surface area contributed by atoms with E-state index in [1.54, 1.807) is 0 Å². The van der Waals surface area contributed by atoms with Gasteiger partial charge < -0.3 is 18.9 Å². The molecule has 7 nitrogen and oxygen atoms in total. The Kier molecular flexibility index (Phi) is 5.93. The molecule has 2 aromatic rings. The van der Waals surface area contributed by atoms with Gasteiger partial charge in [0, 0.05) is 6.07 Å². The second-order valence-electron chi connectivity index (χ2n) is 4.74. The Bertz CT molecular complexity index is 753. The number of alkyl halides is 2. The molecule has 0 unspecified atom stereocenters. The summed E-state index contributed by atoms with van der Waals surface area (Å²) in [4.78, 5) is 10.3. The highest BCUT2D eigenvalue weighted by Gasteiger charge is 2.14. The fourth-order valence-electron chi connectivity index (χ4n) is 2.05. The summed E-state index contributed by atoms with van der Waals surface area (Å²) in [6.45, 7) is -2.95. The van der Waals surface area contributed by atoms with Crippen molar-refractivity contribution in [2.45, 2.75) is 13.2 Å². The summed E-state index contributed by atoms with van der Waals surface area (Å²) in [7, 11) is 2.73. The number of nitro groups is 1. The van der Waals surface area contributed by atoms with Gasteiger partial charge in [0.1, 0.15) is 6.61 Å². The molecule has 2 rings (SSSR count). The molecule has 2 aromatic carbocycles. The van der Waals surface area contributed by atoms with Crippen LogP contribution >= 0.6 is 0 Å². The molecule has 0 N–H and O–H groups in total. The van der Waals surface area contributed by atoms with Crippen LogP contribution in [0.3, 0.4) is 0 Å². The molecule has 0 heterocycles. The van der Waals surface area contributed by atoms with Crippen LogP contribution in [0.1, 0.15) is 5.56 Å². The Morgan fingerprint density at radius 1 is 1.00 bits per heavy atom. The zero-order valence-corrected chi connectivity index (χ0v) is 13.4. The van der Waals surface area contributed by atoms with Gasteiger partial charge in [0.05, 0.1) is 25.2 Å². The van der Waals surface area contributed by atoms with Crippen LogP contribution in [-0.4, -0.2) is 25.8 Å². The molecular formula is C16H15F2NO6. The van der Waals surface area contributed by atoms with Gasteiger partial charge in [-0.25, -0.2) is 0 Å². The second kappa shape index (κ2) is 8.13. The Balaban J connectivity index is 2.18. The van der Waals surface area contributed by atoms with Gasteiger partial charge >= 0.3 is 6.61 Å². The molecule has 0 fully saturated rings. The van der Waals surface area contributed by atoms with Gasteiger partial charge in [-0.1, -0.05) is 6.07 Å². The third kappa shape index (κ3) is 4.69. The fraction of sp³-hybridized carbons (Fsp3) is 0.250. The van der Waals surface area contributed by atoms with Crippen LogP contribution < -0.4 is 18.9 Å². The zero-order chi connectivity index (χ0) is 18.4. The topological polar surface area (TPSA) is 80.1 Å². The molecule has 0 aliphatic carbocycles. The number of nitro benzene ring substituents is 1. The molecule has 0 aliphatic heterocycles. The number of methoxy groups -OCH3 is 2. The Morgan fingerprint density at radius 3 is 2.28 bits per heavy atom. The highest BCUT2D eigenvalue weighted by atomic mass is 19.3. The third-order valence-electron chi connectivity index (χ3n) is 3.20. The second-order valence-corrected chi connectivity index (χ2v) is 4.74. The summed E-state index contributed by atoms with van der Waals surface area (Å²) in [5.41, 5.74) is 0.445. The first-order chi connectivity index (χ1) is 11.9. The summed E-state index contributed by atoms with van der Waals surface area (Å²) >= 11 is 0. The Morgan fingerprint density at radius 2 is 1.68 bits per heavy atom. The van der Waals surface area contributed by atoms with Crippen LogP contribution in [0.5, 0.6) is 23.0 Å². The average molecular weight is 355 g/mol. The first kappa shape index (κ1) is 18.2. The highest BCUT2D eigenvalue weighted by molar-refractivity contribution is 5.49. The lowest BCUT2D eigenvalue weighted by Crippen LogP contribution is -2.04. The molecule has 134 valence electrons. The number of nitrogens with zero attached hydrogens (tertiary/aromatic N) is 1. The molecule has 25 heavy (non-hydrogen) atoms. The van der Waals surface area contributed by atoms with Crippen LogP contribution in [0.2, 0.25) is 0 Å². The molecule has 0 spiro atoms. The van der Waals surface area contributed by atoms with E-state index < -0.39 is 11.5 Å². The van der Waals surface area contributed by atoms with Crippen molar-refractivity contribution < 1.29 is 32.7 Å². The largest absolute Gasteiger partial charge is 0.493 e. The summed E-state index contributed by atoms with van der Waals surface area (Å²) in [6, 6.07) is 8.28. The Labute approximate surface area is 141 Å². The van der Waals surface area contributed by atoms with E-state index in [2.05, 4.69) is 4.74 Å². The predicted molar refractivity (Wildman–Crippen MR) is 83.6 cm³/mol. The number of hydrogen-bond donors (Lipinski definition) is 0. The minimum atomic E-state index is -2.97. The van der Waals surface area contributed by atoms with E-state index in [0.717, 1.165) is 0 Å². The zero-order valence-electron chi connectivity index (χ0n) is 13.4. The quantitative estimate of drug-likeness (QED) is 0.529. The maximum Gasteiger partial charge on any atom is 0.387 e. The lowest BCUT2D eigenvalue weighted by atomic mass is 10.2. The van der Waals surface area contributed by atoms with Crippen molar-refractivity contribution in [2.75, 3.05) is 14.2 Å². The van der Waals surface area contributed by atoms with E-state index in [1.807, 2.05) is 0 Å². The van der Waals surface area contributed by atoms with Gasteiger partial charge in [0.25, 0.3) is 5.69 Å². The van der Waals surface area contributed by atoms with Gasteiger partial charge in [-0.05, 0) is 23.8 Å². The van der Waals surface area contributed by atoms with Crippen molar-refractivity contribution >= 4 is 5.69 Å². The van der Waals surface area contributed by atoms with Crippen LogP contribution in [0.4, 0.5) is 14.5 Å². The fourth-order valence-corrected chi connectivity index (χ4v) is 2.05. The summed E-state index contributed by atoms with van der Waals surface area (Å²) in [5, 5.41) is 10.9. The van der Waals surface area contributed by atoms with E-state index in [9.17, 15) is 18.9 Å². The monoisotopic (exact) mass is 355 g/mol. The number of rotatable bonds is 8. The van der Waals surface area contributed by atoms with Crippen molar-refractivity contribution in [3.63, 3.8) is 0 Å². The third-order valence-corrected chi connectivity index (χ3v) is 3.20. The van der Waals surface area contributed by atoms with Crippen LogP contribution in [0.15, 0.2) is 36.4 Å². The smallest absolute Gasteiger partial charge is 0.387 e. The molecule has 0 aliphatic rings. The standard InChI is InChI=1S/C16H15F2NO6/c1-22-12-6-4-11(19(20)21)8-15(12)24-9-10-3-5-13(25-16(17)18)14(7-10)23-2/h3-8,16H,9H2,1-2H3. The van der Waals surface area contributed by atoms with Gasteiger partial charge in [-0.3, -0.25) is 10.1 Å². The van der Waals surface area contributed by atoms with Crippen LogP contribution in [-0.2, 0) is 6.61 Å². The van der Waals surface area contributed by atoms with E-state index in [1.165, 1.54) is 50.6 Å². The van der Waals surface area contributed by atoms with E-state index in [4.69, 9.17) is 14.2 Å². The van der Waals surface area contributed by atoms with E-state index in [-0.39, 0.29) is 29.5 Å². The normalized spacial score (nSPS) is 10.4. The predicted octanol–water partition coefficient (Wildman–Crippen LogP) is 3.79. The molecule has 0 saturated heterocycles. The number of non-ortho nitro benzene ring substituents is 1. The average Bonchev–Trinajstić information content (AvgIpc) is 2.59. The molecule has 0 aromatic heterocycles. The number of benzene rings is 2. The maximum atomic E-state index is 12.3. The maximum absolute atomic E-state index is 12.3. The summed E-state index contributed by atoms with van der Waals surface area (Å²) in [6.07, 6.45) is 0. The van der Waals surface area contributed by atoms with E-state index >= 15 is 0 Å². The SMILES string of the molecule is COc1ccc([N+](=O)[O-])cc1OCc1ccc(OC(F)F)c(OC)c1. The first-order valence-corrected chi connectivity index (χ1v) is 7.01. The number of hydrogen-bond acceptors (Lipinski definition) is 6. The van der Waals surface area contributed by atoms with Gasteiger partial charge in [-0.15, -0.1) is 0 Å². The minimum Gasteiger partial charge on any atom is -0.493 e. The molecular weight excluding hydrogens is 340 g/mol. The summed E-state index contributed by atoms with van der Waals surface area (Å²) in [5.74, 6) is 0.528. The summed E-state index contributed by atoms with van der Waals surface area (Å²) < 4.78 is 44.6. The molecule has 0 bridgehead atoms. The van der Waals surface area contributed by atoms with Crippen molar-refractivity contribution in [3.8, 4) is 23.0 Å². The first-order valence-electron chi connectivity index (χ1n) is 7.01. The van der Waals surface area contributed by atoms with Crippen molar-refractivity contribution in [1.82, 2.24) is 0 Å². The van der Waals surface area contributed by atoms with Crippen LogP contribution in [0.25, 0.3) is 0 Å². The molecule has 9 heteroatoms.